The molecule has 0 radical (unpaired) electrons. The summed E-state index contributed by atoms with van der Waals surface area (Å²) in [7, 11) is 4.47. The van der Waals surface area contributed by atoms with Gasteiger partial charge >= 0.3 is 0 Å². The van der Waals surface area contributed by atoms with Gasteiger partial charge in [0.05, 0.1) is 0 Å². The molecule has 0 aliphatic carbocycles. The van der Waals surface area contributed by atoms with Crippen LogP contribution in [0.15, 0.2) is 0 Å². The predicted octanol–water partition coefficient (Wildman–Crippen LogP) is 1.01. The first kappa shape index (κ1) is 12.3. The van der Waals surface area contributed by atoms with E-state index in [9.17, 15) is 0 Å². The zero-order valence-electron chi connectivity index (χ0n) is 11.1. The average Bonchev–Trinajstić information content (AvgIpc) is 2.25. The highest BCUT2D eigenvalue weighted by molar-refractivity contribution is 4.86. The Morgan fingerprint density at radius 2 is 1.56 bits per heavy atom. The van der Waals surface area contributed by atoms with Crippen LogP contribution in [0.3, 0.4) is 0 Å². The van der Waals surface area contributed by atoms with Crippen molar-refractivity contribution in [3.63, 3.8) is 0 Å². The summed E-state index contributed by atoms with van der Waals surface area (Å²) in [5.74, 6) is 0.804. The molecule has 2 atom stereocenters. The van der Waals surface area contributed by atoms with Crippen LogP contribution in [-0.4, -0.2) is 62.2 Å². The number of hydrogen-bond acceptors (Lipinski definition) is 3. The molecule has 2 heterocycles. The van der Waals surface area contributed by atoms with Crippen LogP contribution >= 0.6 is 0 Å². The Hall–Kier alpha value is -0.120. The maximum atomic E-state index is 3.90. The summed E-state index contributed by atoms with van der Waals surface area (Å²) in [6.07, 6.45) is 3.98. The van der Waals surface area contributed by atoms with E-state index in [4.69, 9.17) is 0 Å². The fourth-order valence-corrected chi connectivity index (χ4v) is 3.08. The van der Waals surface area contributed by atoms with Crippen molar-refractivity contribution in [1.29, 1.82) is 0 Å². The Balaban J connectivity index is 1.76. The molecule has 2 rings (SSSR count). The lowest BCUT2D eigenvalue weighted by Gasteiger charge is -2.39. The van der Waals surface area contributed by atoms with E-state index in [1.165, 1.54) is 45.4 Å². The standard InChI is InChI=1S/C13H27N3/c1-11-10-16(3)9-6-13(11)14-12-4-7-15(2)8-5-12/h11-14H,4-10H2,1-3H3. The minimum Gasteiger partial charge on any atom is -0.311 e. The summed E-state index contributed by atoms with van der Waals surface area (Å²) < 4.78 is 0. The average molecular weight is 225 g/mol. The molecule has 2 aliphatic heterocycles. The fourth-order valence-electron chi connectivity index (χ4n) is 3.08. The molecule has 2 fully saturated rings. The summed E-state index contributed by atoms with van der Waals surface area (Å²) in [6.45, 7) is 7.43. The molecule has 0 amide bonds. The van der Waals surface area contributed by atoms with Crippen LogP contribution in [0.5, 0.6) is 0 Å². The summed E-state index contributed by atoms with van der Waals surface area (Å²) in [4.78, 5) is 4.90. The van der Waals surface area contributed by atoms with Gasteiger partial charge in [-0.2, -0.15) is 0 Å². The lowest BCUT2D eigenvalue weighted by atomic mass is 9.92. The van der Waals surface area contributed by atoms with E-state index in [-0.39, 0.29) is 0 Å². The van der Waals surface area contributed by atoms with E-state index in [1.54, 1.807) is 0 Å². The van der Waals surface area contributed by atoms with Crippen molar-refractivity contribution in [1.82, 2.24) is 15.1 Å². The number of nitrogens with zero attached hydrogens (tertiary/aromatic N) is 2. The number of nitrogens with one attached hydrogen (secondary N) is 1. The monoisotopic (exact) mass is 225 g/mol. The van der Waals surface area contributed by atoms with Crippen LogP contribution in [0.2, 0.25) is 0 Å². The third kappa shape index (κ3) is 3.19. The number of hydrogen-bond donors (Lipinski definition) is 1. The quantitative estimate of drug-likeness (QED) is 0.757. The second kappa shape index (κ2) is 5.48. The summed E-state index contributed by atoms with van der Waals surface area (Å²) >= 11 is 0. The Morgan fingerprint density at radius 1 is 0.938 bits per heavy atom. The van der Waals surface area contributed by atoms with Gasteiger partial charge in [0.25, 0.3) is 0 Å². The molecule has 0 aromatic heterocycles. The number of rotatable bonds is 2. The van der Waals surface area contributed by atoms with Gasteiger partial charge in [-0.1, -0.05) is 6.92 Å². The normalized spacial score (nSPS) is 35.4. The first-order chi connectivity index (χ1) is 7.65. The SMILES string of the molecule is CC1CN(C)CCC1NC1CCN(C)CC1. The highest BCUT2D eigenvalue weighted by atomic mass is 15.1. The van der Waals surface area contributed by atoms with E-state index < -0.39 is 0 Å². The first-order valence-electron chi connectivity index (χ1n) is 6.78. The van der Waals surface area contributed by atoms with Gasteiger partial charge in [0.15, 0.2) is 0 Å². The fraction of sp³-hybridized carbons (Fsp3) is 1.00. The highest BCUT2D eigenvalue weighted by Gasteiger charge is 2.27. The van der Waals surface area contributed by atoms with Crippen molar-refractivity contribution in [3.05, 3.63) is 0 Å². The third-order valence-corrected chi connectivity index (χ3v) is 4.28. The summed E-state index contributed by atoms with van der Waals surface area (Å²) in [5.41, 5.74) is 0. The zero-order valence-corrected chi connectivity index (χ0v) is 11.1. The van der Waals surface area contributed by atoms with Crippen molar-refractivity contribution in [3.8, 4) is 0 Å². The molecule has 94 valence electrons. The molecule has 0 spiro atoms. The van der Waals surface area contributed by atoms with Crippen LogP contribution in [0.1, 0.15) is 26.2 Å². The van der Waals surface area contributed by atoms with Gasteiger partial charge in [-0.3, -0.25) is 0 Å². The molecule has 1 N–H and O–H groups in total. The molecule has 2 aliphatic rings. The zero-order chi connectivity index (χ0) is 11.5. The maximum absolute atomic E-state index is 3.90. The van der Waals surface area contributed by atoms with Gasteiger partial charge in [-0.05, 0) is 58.9 Å². The van der Waals surface area contributed by atoms with Gasteiger partial charge in [-0.25, -0.2) is 0 Å². The summed E-state index contributed by atoms with van der Waals surface area (Å²) in [6, 6.07) is 1.52. The number of piperidine rings is 2. The van der Waals surface area contributed by atoms with Gasteiger partial charge in [-0.15, -0.1) is 0 Å². The van der Waals surface area contributed by atoms with Crippen LogP contribution in [0.4, 0.5) is 0 Å². The Labute approximate surface area is 100 Å². The van der Waals surface area contributed by atoms with Crippen molar-refractivity contribution < 1.29 is 0 Å². The van der Waals surface area contributed by atoms with E-state index in [0.717, 1.165) is 18.0 Å². The van der Waals surface area contributed by atoms with Crippen molar-refractivity contribution in [2.45, 2.75) is 38.3 Å². The van der Waals surface area contributed by atoms with E-state index in [2.05, 4.69) is 36.1 Å². The number of likely N-dealkylation sites (tertiary alicyclic amines) is 2. The molecule has 0 bridgehead atoms. The highest BCUT2D eigenvalue weighted by Crippen LogP contribution is 2.18. The lowest BCUT2D eigenvalue weighted by Crippen LogP contribution is -2.52. The van der Waals surface area contributed by atoms with Crippen molar-refractivity contribution in [2.24, 2.45) is 5.92 Å². The van der Waals surface area contributed by atoms with Crippen LogP contribution in [0.25, 0.3) is 0 Å². The van der Waals surface area contributed by atoms with E-state index >= 15 is 0 Å². The minimum atomic E-state index is 0.754. The van der Waals surface area contributed by atoms with Gasteiger partial charge < -0.3 is 15.1 Å². The molecule has 2 saturated heterocycles. The molecular weight excluding hydrogens is 198 g/mol. The maximum Gasteiger partial charge on any atom is 0.0120 e. The molecule has 3 nitrogen and oxygen atoms in total. The molecular formula is C13H27N3. The molecule has 2 unspecified atom stereocenters. The molecule has 0 saturated carbocycles. The Bertz CT molecular complexity index is 211. The smallest absolute Gasteiger partial charge is 0.0120 e. The molecule has 0 aromatic carbocycles. The predicted molar refractivity (Wildman–Crippen MR) is 68.7 cm³/mol. The Kier molecular flexibility index (Phi) is 4.22. The van der Waals surface area contributed by atoms with Gasteiger partial charge in [0.2, 0.25) is 0 Å². The minimum absolute atomic E-state index is 0.754. The van der Waals surface area contributed by atoms with Crippen LogP contribution < -0.4 is 5.32 Å². The van der Waals surface area contributed by atoms with Crippen molar-refractivity contribution in [2.75, 3.05) is 40.3 Å². The second-order valence-electron chi connectivity index (χ2n) is 5.88. The second-order valence-corrected chi connectivity index (χ2v) is 5.88. The largest absolute Gasteiger partial charge is 0.311 e. The van der Waals surface area contributed by atoms with Crippen LogP contribution in [-0.2, 0) is 0 Å². The van der Waals surface area contributed by atoms with E-state index in [0.29, 0.717) is 0 Å². The molecule has 16 heavy (non-hydrogen) atoms. The molecule has 0 aromatic rings. The van der Waals surface area contributed by atoms with Gasteiger partial charge in [0, 0.05) is 18.6 Å². The van der Waals surface area contributed by atoms with Gasteiger partial charge in [0.1, 0.15) is 0 Å². The third-order valence-electron chi connectivity index (χ3n) is 4.28. The lowest BCUT2D eigenvalue weighted by molar-refractivity contribution is 0.147. The topological polar surface area (TPSA) is 18.5 Å². The van der Waals surface area contributed by atoms with Crippen LogP contribution in [0, 0.1) is 5.92 Å². The molecule has 3 heteroatoms. The van der Waals surface area contributed by atoms with E-state index in [1.807, 2.05) is 0 Å². The van der Waals surface area contributed by atoms with Crippen molar-refractivity contribution >= 4 is 0 Å². The Morgan fingerprint density at radius 3 is 2.19 bits per heavy atom. The summed E-state index contributed by atoms with van der Waals surface area (Å²) in [5, 5.41) is 3.90. The first-order valence-corrected chi connectivity index (χ1v) is 6.78.